The number of Topliss-reactive ketones (excluding diaryl/α,β-unsaturated/α-hetero) is 1. The second-order valence-electron chi connectivity index (χ2n) is 3.44. The molecule has 0 saturated carbocycles. The zero-order valence-electron chi connectivity index (χ0n) is 8.09. The van der Waals surface area contributed by atoms with Crippen LogP contribution < -0.4 is 5.32 Å². The minimum Gasteiger partial charge on any atom is -0.495 e. The molecule has 0 aromatic rings. The molecule has 1 atom stereocenters. The van der Waals surface area contributed by atoms with Gasteiger partial charge < -0.3 is 10.1 Å². The van der Waals surface area contributed by atoms with Crippen LogP contribution in [0, 0.1) is 5.92 Å². The van der Waals surface area contributed by atoms with Crippen LogP contribution in [0.3, 0.4) is 0 Å². The van der Waals surface area contributed by atoms with E-state index in [4.69, 9.17) is 4.74 Å². The molecule has 14 heavy (non-hydrogen) atoms. The van der Waals surface area contributed by atoms with Crippen molar-refractivity contribution in [2.45, 2.75) is 13.3 Å². The lowest BCUT2D eigenvalue weighted by atomic mass is 9.92. The Morgan fingerprint density at radius 2 is 2.21 bits per heavy atom. The monoisotopic (exact) mass is 193 g/mol. The normalized spacial score (nSPS) is 25.9. The molecule has 0 spiro atoms. The van der Waals surface area contributed by atoms with Crippen molar-refractivity contribution in [2.75, 3.05) is 7.11 Å². The largest absolute Gasteiger partial charge is 0.495 e. The van der Waals surface area contributed by atoms with Crippen LogP contribution in [0.1, 0.15) is 13.3 Å². The number of ether oxygens (including phenoxy) is 1. The highest BCUT2D eigenvalue weighted by atomic mass is 16.5. The summed E-state index contributed by atoms with van der Waals surface area (Å²) in [7, 11) is 1.54. The summed E-state index contributed by atoms with van der Waals surface area (Å²) in [4.78, 5) is 22.5. The summed E-state index contributed by atoms with van der Waals surface area (Å²) in [5.74, 6) is -0.609. The van der Waals surface area contributed by atoms with Crippen LogP contribution >= 0.6 is 0 Å². The van der Waals surface area contributed by atoms with Gasteiger partial charge in [0.2, 0.25) is 5.78 Å². The van der Waals surface area contributed by atoms with E-state index < -0.39 is 5.91 Å². The molecule has 1 aliphatic carbocycles. The third-order valence-corrected chi connectivity index (χ3v) is 2.60. The predicted octanol–water partition coefficient (Wildman–Crippen LogP) is 0.509. The van der Waals surface area contributed by atoms with Gasteiger partial charge in [0.05, 0.1) is 18.7 Å². The highest BCUT2D eigenvalue weighted by molar-refractivity contribution is 6.40. The van der Waals surface area contributed by atoms with Gasteiger partial charge in [0, 0.05) is 0 Å². The Bertz CT molecular complexity index is 379. The molecule has 0 aromatic carbocycles. The maximum Gasteiger partial charge on any atom is 0.292 e. The molecule has 4 nitrogen and oxygen atoms in total. The highest BCUT2D eigenvalue weighted by Crippen LogP contribution is 2.32. The number of carbonyl (C=O) groups is 2. The first-order valence-electron chi connectivity index (χ1n) is 4.45. The first-order chi connectivity index (χ1) is 6.65. The van der Waals surface area contributed by atoms with Crippen LogP contribution in [0.4, 0.5) is 0 Å². The minimum atomic E-state index is -0.525. The van der Waals surface area contributed by atoms with E-state index in [0.29, 0.717) is 17.9 Å². The molecule has 1 aliphatic heterocycles. The Morgan fingerprint density at radius 1 is 1.50 bits per heavy atom. The van der Waals surface area contributed by atoms with Crippen LogP contribution in [-0.2, 0) is 14.3 Å². The average Bonchev–Trinajstić information content (AvgIpc) is 2.43. The lowest BCUT2D eigenvalue weighted by Gasteiger charge is -2.18. The number of nitrogens with one attached hydrogen (secondary N) is 1. The fraction of sp³-hybridized carbons (Fsp3) is 0.400. The number of carbonyl (C=O) groups excluding carboxylic acids is 2. The molecule has 0 radical (unpaired) electrons. The van der Waals surface area contributed by atoms with Crippen molar-refractivity contribution in [1.82, 2.24) is 5.32 Å². The lowest BCUT2D eigenvalue weighted by Crippen LogP contribution is -2.18. The molecule has 0 bridgehead atoms. The standard InChI is InChI=1S/C10H11NO3/c1-5-3-4-6-7(9(5)14-2)11-10(13)8(6)12/h3,6H,4H2,1-2H3,(H,11,13). The van der Waals surface area contributed by atoms with Gasteiger partial charge in [-0.1, -0.05) is 6.08 Å². The summed E-state index contributed by atoms with van der Waals surface area (Å²) in [6, 6.07) is 0. The SMILES string of the molecule is COC1=C2NC(=O)C(=O)C2CC=C1C. The molecule has 1 heterocycles. The molecule has 1 unspecified atom stereocenters. The van der Waals surface area contributed by atoms with Crippen molar-refractivity contribution in [3.8, 4) is 0 Å². The first kappa shape index (κ1) is 8.99. The maximum absolute atomic E-state index is 11.4. The Morgan fingerprint density at radius 3 is 2.86 bits per heavy atom. The maximum atomic E-state index is 11.4. The number of allylic oxidation sites excluding steroid dienone is 3. The predicted molar refractivity (Wildman–Crippen MR) is 49.0 cm³/mol. The van der Waals surface area contributed by atoms with E-state index in [2.05, 4.69) is 5.32 Å². The van der Waals surface area contributed by atoms with Gasteiger partial charge in [0.15, 0.2) is 0 Å². The van der Waals surface area contributed by atoms with Crippen molar-refractivity contribution in [2.24, 2.45) is 5.92 Å². The second kappa shape index (κ2) is 2.97. The zero-order valence-corrected chi connectivity index (χ0v) is 8.09. The number of fused-ring (bicyclic) bond motifs is 1. The van der Waals surface area contributed by atoms with Crippen molar-refractivity contribution < 1.29 is 14.3 Å². The zero-order chi connectivity index (χ0) is 10.3. The van der Waals surface area contributed by atoms with E-state index in [9.17, 15) is 9.59 Å². The molecule has 74 valence electrons. The minimum absolute atomic E-state index is 0.346. The van der Waals surface area contributed by atoms with Crippen LogP contribution in [0.25, 0.3) is 0 Å². The molecule has 1 saturated heterocycles. The van der Waals surface area contributed by atoms with Gasteiger partial charge in [0.1, 0.15) is 5.76 Å². The van der Waals surface area contributed by atoms with E-state index >= 15 is 0 Å². The van der Waals surface area contributed by atoms with Gasteiger partial charge in [-0.15, -0.1) is 0 Å². The Kier molecular flexibility index (Phi) is 1.91. The van der Waals surface area contributed by atoms with Crippen molar-refractivity contribution in [3.05, 3.63) is 23.1 Å². The Balaban J connectivity index is 2.47. The number of rotatable bonds is 1. The van der Waals surface area contributed by atoms with E-state index in [0.717, 1.165) is 5.57 Å². The number of methoxy groups -OCH3 is 1. The fourth-order valence-corrected chi connectivity index (χ4v) is 1.87. The first-order valence-corrected chi connectivity index (χ1v) is 4.45. The van der Waals surface area contributed by atoms with E-state index in [1.165, 1.54) is 7.11 Å². The van der Waals surface area contributed by atoms with Crippen LogP contribution in [0.5, 0.6) is 0 Å². The Hall–Kier alpha value is -1.58. The highest BCUT2D eigenvalue weighted by Gasteiger charge is 2.40. The van der Waals surface area contributed by atoms with Gasteiger partial charge in [-0.25, -0.2) is 0 Å². The number of hydrogen-bond acceptors (Lipinski definition) is 3. The van der Waals surface area contributed by atoms with Gasteiger partial charge in [-0.05, 0) is 18.9 Å². The molecule has 0 aromatic heterocycles. The van der Waals surface area contributed by atoms with Crippen molar-refractivity contribution >= 4 is 11.7 Å². The number of hydrogen-bond donors (Lipinski definition) is 1. The average molecular weight is 193 g/mol. The molecule has 1 amide bonds. The van der Waals surface area contributed by atoms with Crippen molar-refractivity contribution in [1.29, 1.82) is 0 Å². The fourth-order valence-electron chi connectivity index (χ4n) is 1.87. The third-order valence-electron chi connectivity index (χ3n) is 2.60. The number of ketones is 1. The van der Waals surface area contributed by atoms with Gasteiger partial charge in [-0.2, -0.15) is 0 Å². The number of amides is 1. The molecule has 4 heteroatoms. The molecule has 2 rings (SSSR count). The molecular formula is C10H11NO3. The molecule has 1 fully saturated rings. The summed E-state index contributed by atoms with van der Waals surface area (Å²) >= 11 is 0. The molecule has 2 aliphatic rings. The molecular weight excluding hydrogens is 182 g/mol. The quantitative estimate of drug-likeness (QED) is 0.617. The summed E-state index contributed by atoms with van der Waals surface area (Å²) < 4.78 is 5.16. The summed E-state index contributed by atoms with van der Waals surface area (Å²) in [6.07, 6.45) is 2.51. The smallest absolute Gasteiger partial charge is 0.292 e. The topological polar surface area (TPSA) is 55.4 Å². The summed E-state index contributed by atoms with van der Waals surface area (Å²) in [6.45, 7) is 1.90. The van der Waals surface area contributed by atoms with Crippen LogP contribution in [-0.4, -0.2) is 18.8 Å². The van der Waals surface area contributed by atoms with Gasteiger partial charge in [-0.3, -0.25) is 9.59 Å². The van der Waals surface area contributed by atoms with E-state index in [1.807, 2.05) is 13.0 Å². The second-order valence-corrected chi connectivity index (χ2v) is 3.44. The third kappa shape index (κ3) is 1.07. The Labute approximate surface area is 81.6 Å². The van der Waals surface area contributed by atoms with E-state index in [-0.39, 0.29) is 11.7 Å². The van der Waals surface area contributed by atoms with Gasteiger partial charge in [0.25, 0.3) is 5.91 Å². The molecule has 1 N–H and O–H groups in total. The van der Waals surface area contributed by atoms with Crippen LogP contribution in [0.2, 0.25) is 0 Å². The van der Waals surface area contributed by atoms with E-state index in [1.54, 1.807) is 0 Å². The van der Waals surface area contributed by atoms with Crippen LogP contribution in [0.15, 0.2) is 23.1 Å². The summed E-state index contributed by atoms with van der Waals surface area (Å²) in [5.41, 5.74) is 1.59. The lowest BCUT2D eigenvalue weighted by molar-refractivity contribution is -0.136. The summed E-state index contributed by atoms with van der Waals surface area (Å²) in [5, 5.41) is 2.56. The van der Waals surface area contributed by atoms with Crippen molar-refractivity contribution in [3.63, 3.8) is 0 Å². The van der Waals surface area contributed by atoms with Gasteiger partial charge >= 0.3 is 0 Å².